The predicted molar refractivity (Wildman–Crippen MR) is 149 cm³/mol. The number of rotatable bonds is 13. The Morgan fingerprint density at radius 2 is 1.74 bits per heavy atom. The van der Waals surface area contributed by atoms with Gasteiger partial charge in [-0.1, -0.05) is 66.7 Å². The van der Waals surface area contributed by atoms with Crippen LogP contribution in [0.25, 0.3) is 11.1 Å². The summed E-state index contributed by atoms with van der Waals surface area (Å²) < 4.78 is 12.0. The number of allylic oxidation sites excluding steroid dienone is 2. The number of carboxylic acids is 1. The Morgan fingerprint density at radius 3 is 2.46 bits per heavy atom. The first-order valence-electron chi connectivity index (χ1n) is 13.9. The van der Waals surface area contributed by atoms with Crippen molar-refractivity contribution in [3.05, 3.63) is 72.3 Å². The molecule has 3 N–H and O–H groups in total. The van der Waals surface area contributed by atoms with Gasteiger partial charge in [0.15, 0.2) is 0 Å². The van der Waals surface area contributed by atoms with Crippen molar-refractivity contribution in [1.82, 2.24) is 10.2 Å². The van der Waals surface area contributed by atoms with Crippen LogP contribution in [0, 0.1) is 5.92 Å². The van der Waals surface area contributed by atoms with Gasteiger partial charge in [-0.15, -0.1) is 0 Å². The first-order chi connectivity index (χ1) is 19.0. The van der Waals surface area contributed by atoms with Crippen LogP contribution in [-0.4, -0.2) is 78.1 Å². The molecule has 0 aromatic heterocycles. The zero-order valence-corrected chi connectivity index (χ0v) is 22.4. The van der Waals surface area contributed by atoms with E-state index >= 15 is 0 Å². The first-order valence-corrected chi connectivity index (χ1v) is 13.9. The van der Waals surface area contributed by atoms with Gasteiger partial charge in [0, 0.05) is 37.9 Å². The molecule has 1 aliphatic carbocycles. The van der Waals surface area contributed by atoms with Gasteiger partial charge in [-0.2, -0.15) is 0 Å². The summed E-state index contributed by atoms with van der Waals surface area (Å²) in [6, 6.07) is 18.8. The van der Waals surface area contributed by atoms with Crippen molar-refractivity contribution in [2.75, 3.05) is 32.8 Å². The highest BCUT2D eigenvalue weighted by Crippen LogP contribution is 2.36. The smallest absolute Gasteiger partial charge is 0.322 e. The molecule has 1 saturated carbocycles. The summed E-state index contributed by atoms with van der Waals surface area (Å²) in [6.45, 7) is 3.11. The van der Waals surface area contributed by atoms with Gasteiger partial charge in [0.1, 0.15) is 6.54 Å². The average molecular weight is 537 g/mol. The number of ether oxygens (including phenoxy) is 2. The summed E-state index contributed by atoms with van der Waals surface area (Å²) in [7, 11) is 0. The Kier molecular flexibility index (Phi) is 11.1. The Labute approximate surface area is 230 Å². The topological polar surface area (TPSA) is 108 Å². The van der Waals surface area contributed by atoms with Crippen molar-refractivity contribution in [1.29, 1.82) is 0 Å². The number of carboxylic acid groups (broad SMARTS) is 1. The summed E-state index contributed by atoms with van der Waals surface area (Å²) in [5, 5.41) is 22.1. The van der Waals surface area contributed by atoms with Crippen LogP contribution >= 0.6 is 0 Å². The molecule has 1 saturated heterocycles. The number of morpholine rings is 1. The zero-order valence-electron chi connectivity index (χ0n) is 22.4. The Balaban J connectivity index is 1.32. The molecule has 8 heteroatoms. The number of nitrogens with one attached hydrogen (secondary N) is 1. The maximum atomic E-state index is 11.7. The van der Waals surface area contributed by atoms with Crippen molar-refractivity contribution >= 4 is 11.9 Å². The third-order valence-electron chi connectivity index (χ3n) is 7.56. The van der Waals surface area contributed by atoms with Crippen LogP contribution in [0.5, 0.6) is 0 Å². The molecule has 0 unspecified atom stereocenters. The molecule has 2 aliphatic rings. The van der Waals surface area contributed by atoms with Crippen LogP contribution in [0.4, 0.5) is 0 Å². The fourth-order valence-corrected chi connectivity index (χ4v) is 5.57. The van der Waals surface area contributed by atoms with Crippen LogP contribution in [0.3, 0.4) is 0 Å². The zero-order chi connectivity index (χ0) is 27.5. The van der Waals surface area contributed by atoms with E-state index in [1.54, 1.807) is 0 Å². The first kappa shape index (κ1) is 29.0. The highest BCUT2D eigenvalue weighted by Gasteiger charge is 2.45. The third-order valence-corrected chi connectivity index (χ3v) is 7.56. The van der Waals surface area contributed by atoms with Gasteiger partial charge in [0.2, 0.25) is 5.91 Å². The molecule has 2 aromatic rings. The van der Waals surface area contributed by atoms with E-state index in [-0.39, 0.29) is 30.5 Å². The fraction of sp³-hybridized carbons (Fsp3) is 0.484. The molecule has 2 aromatic carbocycles. The monoisotopic (exact) mass is 536 g/mol. The van der Waals surface area contributed by atoms with Crippen LogP contribution in [0.15, 0.2) is 66.7 Å². The number of benzene rings is 2. The molecule has 0 radical (unpaired) electrons. The summed E-state index contributed by atoms with van der Waals surface area (Å²) >= 11 is 0. The van der Waals surface area contributed by atoms with Crippen molar-refractivity contribution in [2.45, 2.75) is 57.0 Å². The van der Waals surface area contributed by atoms with Gasteiger partial charge in [-0.05, 0) is 36.0 Å². The van der Waals surface area contributed by atoms with Gasteiger partial charge in [-0.3, -0.25) is 14.5 Å². The number of hydrogen-bond acceptors (Lipinski definition) is 6. The highest BCUT2D eigenvalue weighted by atomic mass is 16.5. The molecule has 4 rings (SSSR count). The lowest BCUT2D eigenvalue weighted by atomic mass is 9.94. The molecule has 1 amide bonds. The van der Waals surface area contributed by atoms with E-state index < -0.39 is 12.1 Å². The number of aliphatic carboxylic acids is 1. The number of unbranched alkanes of at least 4 members (excludes halogenated alkanes) is 1. The molecule has 1 heterocycles. The third kappa shape index (κ3) is 8.73. The number of carbonyl (C=O) groups is 2. The summed E-state index contributed by atoms with van der Waals surface area (Å²) in [5.74, 6) is -1.14. The van der Waals surface area contributed by atoms with Crippen molar-refractivity contribution in [3.8, 4) is 11.1 Å². The van der Waals surface area contributed by atoms with Crippen molar-refractivity contribution in [3.63, 3.8) is 0 Å². The van der Waals surface area contributed by atoms with Crippen LogP contribution in [-0.2, 0) is 25.7 Å². The van der Waals surface area contributed by atoms with Gasteiger partial charge >= 0.3 is 5.97 Å². The van der Waals surface area contributed by atoms with Gasteiger partial charge in [0.25, 0.3) is 0 Å². The van der Waals surface area contributed by atoms with Crippen LogP contribution in [0.1, 0.15) is 37.7 Å². The number of carbonyl (C=O) groups excluding carboxylic acids is 1. The lowest BCUT2D eigenvalue weighted by Gasteiger charge is -2.37. The Morgan fingerprint density at radius 1 is 1.03 bits per heavy atom. The largest absolute Gasteiger partial charge is 0.480 e. The minimum absolute atomic E-state index is 0.0193. The number of amides is 1. The van der Waals surface area contributed by atoms with E-state index in [0.29, 0.717) is 39.1 Å². The molecule has 8 nitrogen and oxygen atoms in total. The molecule has 39 heavy (non-hydrogen) atoms. The molecule has 4 atom stereocenters. The lowest BCUT2D eigenvalue weighted by Crippen LogP contribution is -2.50. The number of aliphatic hydroxyl groups is 1. The number of nitrogens with zero attached hydrogens (tertiary/aromatic N) is 1. The maximum Gasteiger partial charge on any atom is 0.322 e. The minimum Gasteiger partial charge on any atom is -0.480 e. The average Bonchev–Trinajstić information content (AvgIpc) is 3.28. The normalized spacial score (nSPS) is 23.7. The molecule has 0 spiro atoms. The van der Waals surface area contributed by atoms with Gasteiger partial charge in [0.05, 0.1) is 32.0 Å². The molecule has 2 fully saturated rings. The molecule has 210 valence electrons. The second-order valence-corrected chi connectivity index (χ2v) is 10.3. The minimum atomic E-state index is -1.04. The summed E-state index contributed by atoms with van der Waals surface area (Å²) in [6.07, 6.45) is 6.76. The fourth-order valence-electron chi connectivity index (χ4n) is 5.57. The number of aliphatic hydroxyl groups excluding tert-OH is 1. The Hall–Kier alpha value is -3.04. The molecule has 1 aliphatic heterocycles. The standard InChI is InChI=1S/C31H40N2O6/c34-27-20-28(39-22-23-12-14-25(15-13-23)24-8-4-3-5-9-24)26(31(27)33-16-18-38-19-17-33)10-6-1-2-7-11-29(35)32-21-30(36)37/h1,3-6,8-9,12-15,26-28,31,34H,2,7,10-11,16-22H2,(H,32,35)(H,36,37)/t26-,27+,28-,31+/m0/s1. The van der Waals surface area contributed by atoms with Crippen molar-refractivity contribution in [2.24, 2.45) is 5.92 Å². The Bertz CT molecular complexity index is 1070. The van der Waals surface area contributed by atoms with Gasteiger partial charge < -0.3 is 25.0 Å². The molecular formula is C31H40N2O6. The van der Waals surface area contributed by atoms with E-state index in [2.05, 4.69) is 58.8 Å². The van der Waals surface area contributed by atoms with E-state index in [1.807, 2.05) is 18.2 Å². The molecule has 0 bridgehead atoms. The van der Waals surface area contributed by atoms with Crippen LogP contribution in [0.2, 0.25) is 0 Å². The highest BCUT2D eigenvalue weighted by molar-refractivity contribution is 5.81. The van der Waals surface area contributed by atoms with Crippen molar-refractivity contribution < 1.29 is 29.3 Å². The SMILES string of the molecule is O=C(O)CNC(=O)CCCC=CC[C@@H]1[C@@H](N2CCOCC2)[C@H](O)C[C@@H]1OCc1ccc(-c2ccccc2)cc1. The lowest BCUT2D eigenvalue weighted by molar-refractivity contribution is -0.137. The second-order valence-electron chi connectivity index (χ2n) is 10.3. The second kappa shape index (κ2) is 14.9. The summed E-state index contributed by atoms with van der Waals surface area (Å²) in [4.78, 5) is 24.6. The quantitative estimate of drug-likeness (QED) is 0.265. The van der Waals surface area contributed by atoms with E-state index in [0.717, 1.165) is 31.5 Å². The predicted octanol–water partition coefficient (Wildman–Crippen LogP) is 3.64. The van der Waals surface area contributed by atoms with E-state index in [1.165, 1.54) is 11.1 Å². The maximum absolute atomic E-state index is 11.7. The van der Waals surface area contributed by atoms with Crippen LogP contribution < -0.4 is 5.32 Å². The van der Waals surface area contributed by atoms with Gasteiger partial charge in [-0.25, -0.2) is 0 Å². The molecular weight excluding hydrogens is 496 g/mol. The van der Waals surface area contributed by atoms with E-state index in [9.17, 15) is 14.7 Å². The number of hydrogen-bond donors (Lipinski definition) is 3. The van der Waals surface area contributed by atoms with E-state index in [4.69, 9.17) is 14.6 Å². The summed E-state index contributed by atoms with van der Waals surface area (Å²) in [5.41, 5.74) is 3.46.